The van der Waals surface area contributed by atoms with Gasteiger partial charge in [-0.25, -0.2) is 0 Å². The summed E-state index contributed by atoms with van der Waals surface area (Å²) in [6.45, 7) is 5.74. The third-order valence-electron chi connectivity index (χ3n) is 4.01. The number of hydrogen-bond donors (Lipinski definition) is 0. The zero-order valence-corrected chi connectivity index (χ0v) is 14.4. The molecule has 5 nitrogen and oxygen atoms in total. The number of nitrogens with zero attached hydrogens (tertiary/aromatic N) is 3. The summed E-state index contributed by atoms with van der Waals surface area (Å²) in [6.07, 6.45) is 3.42. The van der Waals surface area contributed by atoms with Crippen molar-refractivity contribution in [2.24, 2.45) is 0 Å². The van der Waals surface area contributed by atoms with Gasteiger partial charge in [0.1, 0.15) is 0 Å². The Labute approximate surface area is 146 Å². The van der Waals surface area contributed by atoms with Crippen LogP contribution in [0.1, 0.15) is 17.0 Å². The fourth-order valence-corrected chi connectivity index (χ4v) is 2.92. The monoisotopic (exact) mass is 345 g/mol. The Morgan fingerprint density at radius 3 is 2.75 bits per heavy atom. The van der Waals surface area contributed by atoms with Crippen molar-refractivity contribution >= 4 is 23.6 Å². The molecule has 0 atom stereocenters. The molecule has 126 valence electrons. The van der Waals surface area contributed by atoms with E-state index in [1.807, 2.05) is 42.2 Å². The molecule has 6 heteroatoms. The van der Waals surface area contributed by atoms with E-state index in [4.69, 9.17) is 16.1 Å². The minimum atomic E-state index is 0.0325. The summed E-state index contributed by atoms with van der Waals surface area (Å²) in [5.74, 6) is 0.901. The second-order valence-corrected chi connectivity index (χ2v) is 6.36. The number of aromatic nitrogens is 1. The first-order valence-corrected chi connectivity index (χ1v) is 8.35. The van der Waals surface area contributed by atoms with Crippen LogP contribution in [0.15, 0.2) is 40.9 Å². The van der Waals surface area contributed by atoms with Crippen LogP contribution < -0.4 is 0 Å². The van der Waals surface area contributed by atoms with E-state index >= 15 is 0 Å². The minimum absolute atomic E-state index is 0.0325. The molecule has 24 heavy (non-hydrogen) atoms. The molecule has 0 aliphatic carbocycles. The van der Waals surface area contributed by atoms with Gasteiger partial charge in [0.2, 0.25) is 5.91 Å². The van der Waals surface area contributed by atoms with Crippen molar-refractivity contribution in [3.63, 3.8) is 0 Å². The molecule has 0 N–H and O–H groups in total. The molecule has 2 heterocycles. The summed E-state index contributed by atoms with van der Waals surface area (Å²) in [5, 5.41) is 4.57. The summed E-state index contributed by atoms with van der Waals surface area (Å²) >= 11 is 5.95. The Morgan fingerprint density at radius 1 is 1.29 bits per heavy atom. The number of rotatable bonds is 4. The summed E-state index contributed by atoms with van der Waals surface area (Å²) in [6, 6.07) is 9.40. The highest BCUT2D eigenvalue weighted by Gasteiger charge is 2.20. The van der Waals surface area contributed by atoms with Crippen molar-refractivity contribution in [2.45, 2.75) is 13.5 Å². The number of carbonyl (C=O) groups is 1. The van der Waals surface area contributed by atoms with Gasteiger partial charge >= 0.3 is 0 Å². The van der Waals surface area contributed by atoms with Crippen LogP contribution in [0.5, 0.6) is 0 Å². The first kappa shape index (κ1) is 16.7. The number of amides is 1. The van der Waals surface area contributed by atoms with Crippen molar-refractivity contribution in [1.29, 1.82) is 0 Å². The average molecular weight is 346 g/mol. The second kappa shape index (κ2) is 7.64. The molecule has 1 fully saturated rings. The van der Waals surface area contributed by atoms with Crippen molar-refractivity contribution < 1.29 is 9.32 Å². The molecular weight excluding hydrogens is 326 g/mol. The van der Waals surface area contributed by atoms with Crippen LogP contribution in [0.25, 0.3) is 6.08 Å². The van der Waals surface area contributed by atoms with Crippen LogP contribution in [0, 0.1) is 6.92 Å². The Morgan fingerprint density at radius 2 is 2.08 bits per heavy atom. The first-order valence-electron chi connectivity index (χ1n) is 7.97. The molecular formula is C18H20ClN3O2. The molecule has 1 saturated heterocycles. The van der Waals surface area contributed by atoms with E-state index < -0.39 is 0 Å². The second-order valence-electron chi connectivity index (χ2n) is 5.92. The minimum Gasteiger partial charge on any atom is -0.360 e. The molecule has 1 aliphatic rings. The molecule has 1 aliphatic heterocycles. The average Bonchev–Trinajstić information content (AvgIpc) is 2.98. The predicted octanol–water partition coefficient (Wildman–Crippen LogP) is 2.99. The van der Waals surface area contributed by atoms with Gasteiger partial charge in [-0.05, 0) is 30.7 Å². The molecule has 1 aromatic heterocycles. The third-order valence-corrected chi connectivity index (χ3v) is 4.24. The number of benzene rings is 1. The number of carbonyl (C=O) groups excluding carboxylic acids is 1. The first-order chi connectivity index (χ1) is 11.6. The smallest absolute Gasteiger partial charge is 0.246 e. The van der Waals surface area contributed by atoms with Gasteiger partial charge < -0.3 is 9.42 Å². The SMILES string of the molecule is Cc1cc(CN2CCN(C(=O)/C=C/c3cccc(Cl)c3)CC2)on1. The van der Waals surface area contributed by atoms with Gasteiger partial charge in [-0.1, -0.05) is 28.9 Å². The van der Waals surface area contributed by atoms with E-state index in [0.717, 1.165) is 36.7 Å². The van der Waals surface area contributed by atoms with Gasteiger partial charge in [-0.3, -0.25) is 9.69 Å². The quantitative estimate of drug-likeness (QED) is 0.799. The summed E-state index contributed by atoms with van der Waals surface area (Å²) in [7, 11) is 0. The van der Waals surface area contributed by atoms with Crippen molar-refractivity contribution in [2.75, 3.05) is 26.2 Å². The van der Waals surface area contributed by atoms with E-state index in [2.05, 4.69) is 10.1 Å². The highest BCUT2D eigenvalue weighted by molar-refractivity contribution is 6.30. The van der Waals surface area contributed by atoms with Crippen LogP contribution in [0.2, 0.25) is 5.02 Å². The predicted molar refractivity (Wildman–Crippen MR) is 93.6 cm³/mol. The molecule has 1 aromatic carbocycles. The van der Waals surface area contributed by atoms with Gasteiger partial charge in [0.25, 0.3) is 0 Å². The van der Waals surface area contributed by atoms with E-state index in [1.54, 1.807) is 12.2 Å². The van der Waals surface area contributed by atoms with Crippen LogP contribution in [-0.4, -0.2) is 47.0 Å². The fourth-order valence-electron chi connectivity index (χ4n) is 2.72. The Hall–Kier alpha value is -2.11. The lowest BCUT2D eigenvalue weighted by Gasteiger charge is -2.33. The molecule has 0 spiro atoms. The van der Waals surface area contributed by atoms with E-state index in [1.165, 1.54) is 0 Å². The largest absolute Gasteiger partial charge is 0.360 e. The zero-order valence-electron chi connectivity index (χ0n) is 13.6. The zero-order chi connectivity index (χ0) is 16.9. The highest BCUT2D eigenvalue weighted by Crippen LogP contribution is 2.13. The summed E-state index contributed by atoms with van der Waals surface area (Å²) in [4.78, 5) is 16.4. The fraction of sp³-hybridized carbons (Fsp3) is 0.333. The van der Waals surface area contributed by atoms with Crippen molar-refractivity contribution in [1.82, 2.24) is 15.0 Å². The van der Waals surface area contributed by atoms with E-state index in [9.17, 15) is 4.79 Å². The molecule has 0 radical (unpaired) electrons. The Bertz CT molecular complexity index is 733. The lowest BCUT2D eigenvalue weighted by atomic mass is 10.2. The Balaban J connectivity index is 1.49. The van der Waals surface area contributed by atoms with Crippen LogP contribution in [0.4, 0.5) is 0 Å². The number of piperazine rings is 1. The maximum Gasteiger partial charge on any atom is 0.246 e. The van der Waals surface area contributed by atoms with Crippen molar-refractivity contribution in [3.8, 4) is 0 Å². The lowest BCUT2D eigenvalue weighted by Crippen LogP contribution is -2.47. The molecule has 1 amide bonds. The summed E-state index contributed by atoms with van der Waals surface area (Å²) < 4.78 is 5.24. The van der Waals surface area contributed by atoms with Gasteiger partial charge in [-0.2, -0.15) is 0 Å². The van der Waals surface area contributed by atoms with Crippen molar-refractivity contribution in [3.05, 3.63) is 58.4 Å². The third kappa shape index (κ3) is 4.46. The molecule has 0 bridgehead atoms. The number of halogens is 1. The van der Waals surface area contributed by atoms with Crippen LogP contribution in [-0.2, 0) is 11.3 Å². The molecule has 3 rings (SSSR count). The van der Waals surface area contributed by atoms with Gasteiger partial charge in [0.05, 0.1) is 12.2 Å². The van der Waals surface area contributed by atoms with Crippen LogP contribution in [0.3, 0.4) is 0 Å². The normalized spacial score (nSPS) is 16.0. The van der Waals surface area contributed by atoms with Gasteiger partial charge in [-0.15, -0.1) is 0 Å². The summed E-state index contributed by atoms with van der Waals surface area (Å²) in [5.41, 5.74) is 1.82. The highest BCUT2D eigenvalue weighted by atomic mass is 35.5. The molecule has 0 unspecified atom stereocenters. The van der Waals surface area contributed by atoms with E-state index in [-0.39, 0.29) is 5.91 Å². The number of aryl methyl sites for hydroxylation is 1. The van der Waals surface area contributed by atoms with E-state index in [0.29, 0.717) is 18.1 Å². The van der Waals surface area contributed by atoms with Gasteiger partial charge in [0, 0.05) is 43.3 Å². The maximum absolute atomic E-state index is 12.3. The lowest BCUT2D eigenvalue weighted by molar-refractivity contribution is -0.127. The maximum atomic E-state index is 12.3. The molecule has 0 saturated carbocycles. The standard InChI is InChI=1S/C18H20ClN3O2/c1-14-11-17(24-20-14)13-21-7-9-22(10-8-21)18(23)6-5-15-3-2-4-16(19)12-15/h2-6,11-12H,7-10,13H2,1H3/b6-5+. The van der Waals surface area contributed by atoms with Gasteiger partial charge in [0.15, 0.2) is 5.76 Å². The topological polar surface area (TPSA) is 49.6 Å². The Kier molecular flexibility index (Phi) is 5.33. The van der Waals surface area contributed by atoms with Crippen LogP contribution >= 0.6 is 11.6 Å². The number of hydrogen-bond acceptors (Lipinski definition) is 4. The molecule has 2 aromatic rings.